The Balaban J connectivity index is 1.53. The summed E-state index contributed by atoms with van der Waals surface area (Å²) in [5, 5.41) is 8.85. The Bertz CT molecular complexity index is 404. The van der Waals surface area contributed by atoms with Crippen LogP contribution in [0.3, 0.4) is 0 Å². The number of aliphatic carboxylic acids is 1. The lowest BCUT2D eigenvalue weighted by Gasteiger charge is -2.38. The molecule has 2 atom stereocenters. The molecule has 0 aromatic rings. The zero-order valence-corrected chi connectivity index (χ0v) is 12.7. The van der Waals surface area contributed by atoms with Crippen LogP contribution in [0.4, 0.5) is 4.79 Å². The third kappa shape index (κ3) is 3.16. The van der Waals surface area contributed by atoms with E-state index < -0.39 is 5.97 Å². The first-order valence-electron chi connectivity index (χ1n) is 8.42. The van der Waals surface area contributed by atoms with Crippen LogP contribution in [0.1, 0.15) is 51.4 Å². The van der Waals surface area contributed by atoms with Crippen LogP contribution < -0.4 is 0 Å². The van der Waals surface area contributed by atoms with Gasteiger partial charge in [0.2, 0.25) is 0 Å². The third-order valence-electron chi connectivity index (χ3n) is 5.60. The maximum Gasteiger partial charge on any atom is 0.320 e. The van der Waals surface area contributed by atoms with Gasteiger partial charge in [-0.25, -0.2) is 4.79 Å². The van der Waals surface area contributed by atoms with E-state index in [4.69, 9.17) is 5.11 Å². The molecule has 2 saturated heterocycles. The van der Waals surface area contributed by atoms with Crippen molar-refractivity contribution < 1.29 is 14.7 Å². The van der Waals surface area contributed by atoms with Gasteiger partial charge in [0.05, 0.1) is 0 Å². The van der Waals surface area contributed by atoms with Gasteiger partial charge in [-0.15, -0.1) is 0 Å². The second-order valence-corrected chi connectivity index (χ2v) is 6.90. The molecule has 118 valence electrons. The van der Waals surface area contributed by atoms with E-state index in [2.05, 4.69) is 4.90 Å². The Kier molecular flexibility index (Phi) is 4.36. The standard InChI is InChI=1S/C16H26N2O3/c19-15(20)11-12-5-8-17(9-6-12)16(21)18-10-7-13-3-1-2-4-14(13)18/h12-14H,1-11H2,(H,19,20). The molecular formula is C16H26N2O3. The average molecular weight is 294 g/mol. The molecule has 5 heteroatoms. The number of carbonyl (C=O) groups is 2. The van der Waals surface area contributed by atoms with Gasteiger partial charge in [0.25, 0.3) is 0 Å². The van der Waals surface area contributed by atoms with E-state index in [1.54, 1.807) is 0 Å². The van der Waals surface area contributed by atoms with E-state index in [1.165, 1.54) is 32.1 Å². The van der Waals surface area contributed by atoms with Gasteiger partial charge in [-0.3, -0.25) is 4.79 Å². The highest BCUT2D eigenvalue weighted by atomic mass is 16.4. The molecule has 3 rings (SSSR count). The quantitative estimate of drug-likeness (QED) is 0.851. The van der Waals surface area contributed by atoms with Crippen molar-refractivity contribution in [2.75, 3.05) is 19.6 Å². The van der Waals surface area contributed by atoms with Crippen LogP contribution in [0.25, 0.3) is 0 Å². The maximum atomic E-state index is 12.7. The van der Waals surface area contributed by atoms with Crippen molar-refractivity contribution in [2.45, 2.75) is 57.4 Å². The van der Waals surface area contributed by atoms with E-state index in [-0.39, 0.29) is 18.4 Å². The van der Waals surface area contributed by atoms with E-state index in [9.17, 15) is 9.59 Å². The Labute approximate surface area is 126 Å². The minimum absolute atomic E-state index is 0.207. The number of urea groups is 1. The Hall–Kier alpha value is -1.26. The summed E-state index contributed by atoms with van der Waals surface area (Å²) in [5.41, 5.74) is 0. The van der Waals surface area contributed by atoms with Crippen molar-refractivity contribution >= 4 is 12.0 Å². The predicted molar refractivity (Wildman–Crippen MR) is 79.0 cm³/mol. The highest BCUT2D eigenvalue weighted by Crippen LogP contribution is 2.37. The molecule has 0 bridgehead atoms. The SMILES string of the molecule is O=C(O)CC1CCN(C(=O)N2CCC3CCCCC32)CC1. The number of carboxylic acid groups (broad SMARTS) is 1. The molecule has 0 radical (unpaired) electrons. The summed E-state index contributed by atoms with van der Waals surface area (Å²) in [5.74, 6) is 0.254. The summed E-state index contributed by atoms with van der Waals surface area (Å²) < 4.78 is 0. The van der Waals surface area contributed by atoms with Gasteiger partial charge < -0.3 is 14.9 Å². The Morgan fingerprint density at radius 2 is 1.67 bits per heavy atom. The summed E-state index contributed by atoms with van der Waals surface area (Å²) in [6.45, 7) is 2.37. The molecule has 3 fully saturated rings. The number of nitrogens with zero attached hydrogens (tertiary/aromatic N) is 2. The molecule has 2 heterocycles. The molecule has 0 aromatic carbocycles. The summed E-state index contributed by atoms with van der Waals surface area (Å²) in [6, 6.07) is 0.682. The van der Waals surface area contributed by atoms with Crippen LogP contribution in [0.5, 0.6) is 0 Å². The van der Waals surface area contributed by atoms with Crippen LogP contribution in [-0.4, -0.2) is 52.6 Å². The Morgan fingerprint density at radius 3 is 2.38 bits per heavy atom. The third-order valence-corrected chi connectivity index (χ3v) is 5.60. The number of piperidine rings is 1. The minimum atomic E-state index is -0.718. The highest BCUT2D eigenvalue weighted by molar-refractivity contribution is 5.75. The molecule has 21 heavy (non-hydrogen) atoms. The van der Waals surface area contributed by atoms with Gasteiger partial charge in [-0.2, -0.15) is 0 Å². The second-order valence-electron chi connectivity index (χ2n) is 6.90. The molecule has 2 unspecified atom stereocenters. The van der Waals surface area contributed by atoms with Crippen molar-refractivity contribution in [1.82, 2.24) is 9.80 Å². The average Bonchev–Trinajstić information content (AvgIpc) is 2.90. The molecular weight excluding hydrogens is 268 g/mol. The van der Waals surface area contributed by atoms with Gasteiger partial charge >= 0.3 is 12.0 Å². The van der Waals surface area contributed by atoms with Gasteiger partial charge in [-0.05, 0) is 43.9 Å². The fraction of sp³-hybridized carbons (Fsp3) is 0.875. The van der Waals surface area contributed by atoms with Crippen LogP contribution in [-0.2, 0) is 4.79 Å². The summed E-state index contributed by atoms with van der Waals surface area (Å²) in [7, 11) is 0. The highest BCUT2D eigenvalue weighted by Gasteiger charge is 2.40. The molecule has 5 nitrogen and oxygen atoms in total. The minimum Gasteiger partial charge on any atom is -0.481 e. The summed E-state index contributed by atoms with van der Waals surface area (Å²) >= 11 is 0. The number of fused-ring (bicyclic) bond motifs is 1. The van der Waals surface area contributed by atoms with Crippen LogP contribution in [0.15, 0.2) is 0 Å². The number of hydrogen-bond acceptors (Lipinski definition) is 2. The zero-order chi connectivity index (χ0) is 14.8. The molecule has 1 aliphatic carbocycles. The van der Waals surface area contributed by atoms with E-state index in [0.717, 1.165) is 38.4 Å². The number of rotatable bonds is 2. The fourth-order valence-electron chi connectivity index (χ4n) is 4.40. The monoisotopic (exact) mass is 294 g/mol. The van der Waals surface area contributed by atoms with Gasteiger partial charge in [0.15, 0.2) is 0 Å². The van der Waals surface area contributed by atoms with E-state index in [1.807, 2.05) is 4.90 Å². The molecule has 3 aliphatic rings. The lowest BCUT2D eigenvalue weighted by Crippen LogP contribution is -2.49. The van der Waals surface area contributed by atoms with E-state index >= 15 is 0 Å². The maximum absolute atomic E-state index is 12.7. The van der Waals surface area contributed by atoms with Crippen LogP contribution in [0.2, 0.25) is 0 Å². The second kappa shape index (κ2) is 6.24. The number of hydrogen-bond donors (Lipinski definition) is 1. The molecule has 1 saturated carbocycles. The predicted octanol–water partition coefficient (Wildman–Crippen LogP) is 2.56. The summed E-state index contributed by atoms with van der Waals surface area (Å²) in [6.07, 6.45) is 8.12. The van der Waals surface area contributed by atoms with Crippen molar-refractivity contribution in [3.8, 4) is 0 Å². The van der Waals surface area contributed by atoms with Gasteiger partial charge in [-0.1, -0.05) is 12.8 Å². The first-order chi connectivity index (χ1) is 10.1. The first-order valence-corrected chi connectivity index (χ1v) is 8.42. The first kappa shape index (κ1) is 14.7. The molecule has 0 spiro atoms. The molecule has 1 N–H and O–H groups in total. The lowest BCUT2D eigenvalue weighted by molar-refractivity contribution is -0.138. The molecule has 2 amide bonds. The smallest absolute Gasteiger partial charge is 0.320 e. The number of carbonyl (C=O) groups excluding carboxylic acids is 1. The molecule has 2 aliphatic heterocycles. The van der Waals surface area contributed by atoms with Gasteiger partial charge in [0, 0.05) is 32.1 Å². The van der Waals surface area contributed by atoms with E-state index in [0.29, 0.717) is 6.04 Å². The largest absolute Gasteiger partial charge is 0.481 e. The number of carboxylic acids is 1. The Morgan fingerprint density at radius 1 is 0.952 bits per heavy atom. The summed E-state index contributed by atoms with van der Waals surface area (Å²) in [4.78, 5) is 27.5. The zero-order valence-electron chi connectivity index (χ0n) is 12.7. The number of amides is 2. The topological polar surface area (TPSA) is 60.9 Å². The van der Waals surface area contributed by atoms with Gasteiger partial charge in [0.1, 0.15) is 0 Å². The van der Waals surface area contributed by atoms with Crippen LogP contribution in [0, 0.1) is 11.8 Å². The van der Waals surface area contributed by atoms with Crippen molar-refractivity contribution in [2.24, 2.45) is 11.8 Å². The fourth-order valence-corrected chi connectivity index (χ4v) is 4.40. The molecule has 0 aromatic heterocycles. The van der Waals surface area contributed by atoms with Crippen molar-refractivity contribution in [1.29, 1.82) is 0 Å². The normalized spacial score (nSPS) is 30.3. The van der Waals surface area contributed by atoms with Crippen molar-refractivity contribution in [3.63, 3.8) is 0 Å². The number of likely N-dealkylation sites (tertiary alicyclic amines) is 2. The lowest BCUT2D eigenvalue weighted by atomic mass is 9.85. The van der Waals surface area contributed by atoms with Crippen LogP contribution >= 0.6 is 0 Å². The van der Waals surface area contributed by atoms with Crippen molar-refractivity contribution in [3.05, 3.63) is 0 Å².